The highest BCUT2D eigenvalue weighted by Gasteiger charge is 2.18. The maximum absolute atomic E-state index is 6.06. The van der Waals surface area contributed by atoms with Gasteiger partial charge in [-0.2, -0.15) is 0 Å². The number of aliphatic imine (C=N–C) groups is 1. The molecule has 0 saturated carbocycles. The zero-order valence-corrected chi connectivity index (χ0v) is 11.3. The minimum atomic E-state index is 0.756. The van der Waals surface area contributed by atoms with Gasteiger partial charge in [-0.05, 0) is 17.7 Å². The SMILES string of the molecule is Clc1cccc(C2=NCCN2Cc2ccccc2)c1. The van der Waals surface area contributed by atoms with Gasteiger partial charge in [0, 0.05) is 23.7 Å². The quantitative estimate of drug-likeness (QED) is 0.832. The summed E-state index contributed by atoms with van der Waals surface area (Å²) in [6, 6.07) is 18.4. The first kappa shape index (κ1) is 12.2. The predicted molar refractivity (Wildman–Crippen MR) is 79.7 cm³/mol. The number of hydrogen-bond acceptors (Lipinski definition) is 2. The van der Waals surface area contributed by atoms with Crippen molar-refractivity contribution in [3.63, 3.8) is 0 Å². The summed E-state index contributed by atoms with van der Waals surface area (Å²) < 4.78 is 0. The maximum atomic E-state index is 6.06. The molecule has 96 valence electrons. The molecule has 0 N–H and O–H groups in total. The molecule has 0 spiro atoms. The third kappa shape index (κ3) is 2.79. The lowest BCUT2D eigenvalue weighted by Gasteiger charge is -2.20. The van der Waals surface area contributed by atoms with Crippen molar-refractivity contribution in [2.75, 3.05) is 13.1 Å². The highest BCUT2D eigenvalue weighted by atomic mass is 35.5. The van der Waals surface area contributed by atoms with E-state index in [4.69, 9.17) is 11.6 Å². The molecule has 0 saturated heterocycles. The normalized spacial score (nSPS) is 14.6. The van der Waals surface area contributed by atoms with Crippen molar-refractivity contribution in [2.24, 2.45) is 4.99 Å². The van der Waals surface area contributed by atoms with Gasteiger partial charge in [-0.25, -0.2) is 0 Å². The van der Waals surface area contributed by atoms with Crippen molar-refractivity contribution < 1.29 is 0 Å². The Morgan fingerprint density at radius 1 is 1.05 bits per heavy atom. The molecule has 0 radical (unpaired) electrons. The van der Waals surface area contributed by atoms with Crippen LogP contribution in [-0.4, -0.2) is 23.8 Å². The molecule has 2 aromatic carbocycles. The first-order valence-electron chi connectivity index (χ1n) is 6.42. The van der Waals surface area contributed by atoms with Crippen molar-refractivity contribution in [3.8, 4) is 0 Å². The Hall–Kier alpha value is -1.80. The van der Waals surface area contributed by atoms with Crippen molar-refractivity contribution >= 4 is 17.4 Å². The van der Waals surface area contributed by atoms with Gasteiger partial charge >= 0.3 is 0 Å². The molecule has 19 heavy (non-hydrogen) atoms. The number of halogens is 1. The molecule has 0 unspecified atom stereocenters. The summed E-state index contributed by atoms with van der Waals surface area (Å²) in [5.74, 6) is 1.05. The summed E-state index contributed by atoms with van der Waals surface area (Å²) in [7, 11) is 0. The van der Waals surface area contributed by atoms with E-state index in [0.717, 1.165) is 36.1 Å². The summed E-state index contributed by atoms with van der Waals surface area (Å²) in [5, 5.41) is 0.756. The molecule has 1 aliphatic rings. The molecule has 1 heterocycles. The largest absolute Gasteiger partial charge is 0.350 e. The molecule has 0 aliphatic carbocycles. The van der Waals surface area contributed by atoms with Crippen LogP contribution in [0.2, 0.25) is 5.02 Å². The van der Waals surface area contributed by atoms with Gasteiger partial charge in [-0.1, -0.05) is 54.1 Å². The van der Waals surface area contributed by atoms with Crippen LogP contribution in [0.15, 0.2) is 59.6 Å². The first-order chi connectivity index (χ1) is 9.33. The summed E-state index contributed by atoms with van der Waals surface area (Å²) in [4.78, 5) is 6.92. The summed E-state index contributed by atoms with van der Waals surface area (Å²) >= 11 is 6.06. The van der Waals surface area contributed by atoms with Gasteiger partial charge in [0.1, 0.15) is 5.84 Å². The molecule has 2 aromatic rings. The standard InChI is InChI=1S/C16H15ClN2/c17-15-8-4-7-14(11-15)16-18-9-10-19(16)12-13-5-2-1-3-6-13/h1-8,11H,9-10,12H2. The third-order valence-electron chi connectivity index (χ3n) is 3.23. The van der Waals surface area contributed by atoms with Crippen LogP contribution in [-0.2, 0) is 6.54 Å². The van der Waals surface area contributed by atoms with Crippen LogP contribution in [0.3, 0.4) is 0 Å². The Bertz CT molecular complexity index is 593. The highest BCUT2D eigenvalue weighted by Crippen LogP contribution is 2.18. The molecule has 0 bridgehead atoms. The minimum absolute atomic E-state index is 0.756. The molecule has 2 nitrogen and oxygen atoms in total. The molecule has 3 heteroatoms. The van der Waals surface area contributed by atoms with E-state index in [0.29, 0.717) is 0 Å². The van der Waals surface area contributed by atoms with Gasteiger partial charge in [-0.3, -0.25) is 4.99 Å². The van der Waals surface area contributed by atoms with Gasteiger partial charge in [0.2, 0.25) is 0 Å². The van der Waals surface area contributed by atoms with Crippen LogP contribution in [0, 0.1) is 0 Å². The Balaban J connectivity index is 1.82. The second-order valence-electron chi connectivity index (χ2n) is 4.62. The molecule has 0 atom stereocenters. The zero-order valence-electron chi connectivity index (χ0n) is 10.6. The lowest BCUT2D eigenvalue weighted by atomic mass is 10.1. The summed E-state index contributed by atoms with van der Waals surface area (Å²) in [6.45, 7) is 2.72. The molecular formula is C16H15ClN2. The fourth-order valence-electron chi connectivity index (χ4n) is 2.34. The van der Waals surface area contributed by atoms with E-state index in [2.05, 4.69) is 40.2 Å². The number of benzene rings is 2. The van der Waals surface area contributed by atoms with Gasteiger partial charge in [0.05, 0.1) is 6.54 Å². The van der Waals surface area contributed by atoms with E-state index >= 15 is 0 Å². The molecule has 1 aliphatic heterocycles. The second kappa shape index (κ2) is 5.45. The molecule has 0 aromatic heterocycles. The fourth-order valence-corrected chi connectivity index (χ4v) is 2.53. The average molecular weight is 271 g/mol. The van der Waals surface area contributed by atoms with Crippen LogP contribution in [0.4, 0.5) is 0 Å². The van der Waals surface area contributed by atoms with E-state index in [-0.39, 0.29) is 0 Å². The smallest absolute Gasteiger partial charge is 0.131 e. The van der Waals surface area contributed by atoms with E-state index in [1.165, 1.54) is 5.56 Å². The van der Waals surface area contributed by atoms with E-state index < -0.39 is 0 Å². The average Bonchev–Trinajstić information content (AvgIpc) is 2.88. The lowest BCUT2D eigenvalue weighted by molar-refractivity contribution is 0.453. The van der Waals surface area contributed by atoms with E-state index in [1.807, 2.05) is 24.3 Å². The monoisotopic (exact) mass is 270 g/mol. The Labute approximate surface area is 118 Å². The van der Waals surface area contributed by atoms with Crippen LogP contribution in [0.1, 0.15) is 11.1 Å². The van der Waals surface area contributed by atoms with E-state index in [9.17, 15) is 0 Å². The molecule has 3 rings (SSSR count). The summed E-state index contributed by atoms with van der Waals surface area (Å²) in [5.41, 5.74) is 2.40. The van der Waals surface area contributed by atoms with Gasteiger partial charge in [-0.15, -0.1) is 0 Å². The van der Waals surface area contributed by atoms with Crippen molar-refractivity contribution in [2.45, 2.75) is 6.54 Å². The van der Waals surface area contributed by atoms with E-state index in [1.54, 1.807) is 0 Å². The predicted octanol–water partition coefficient (Wildman–Crippen LogP) is 3.60. The Kier molecular flexibility index (Phi) is 3.51. The van der Waals surface area contributed by atoms with Crippen molar-refractivity contribution in [1.29, 1.82) is 0 Å². The van der Waals surface area contributed by atoms with Crippen LogP contribution in [0.5, 0.6) is 0 Å². The number of hydrogen-bond donors (Lipinski definition) is 0. The Morgan fingerprint density at radius 2 is 1.89 bits per heavy atom. The van der Waals surface area contributed by atoms with Crippen LogP contribution < -0.4 is 0 Å². The van der Waals surface area contributed by atoms with Crippen LogP contribution >= 0.6 is 11.6 Å². The number of rotatable bonds is 3. The fraction of sp³-hybridized carbons (Fsp3) is 0.188. The topological polar surface area (TPSA) is 15.6 Å². The number of amidine groups is 1. The van der Waals surface area contributed by atoms with Gasteiger partial charge < -0.3 is 4.90 Å². The molecule has 0 amide bonds. The number of nitrogens with zero attached hydrogens (tertiary/aromatic N) is 2. The lowest BCUT2D eigenvalue weighted by Crippen LogP contribution is -2.27. The maximum Gasteiger partial charge on any atom is 0.131 e. The Morgan fingerprint density at radius 3 is 2.68 bits per heavy atom. The molecular weight excluding hydrogens is 256 g/mol. The third-order valence-corrected chi connectivity index (χ3v) is 3.47. The summed E-state index contributed by atoms with van der Waals surface area (Å²) in [6.07, 6.45) is 0. The van der Waals surface area contributed by atoms with Gasteiger partial charge in [0.15, 0.2) is 0 Å². The molecule has 0 fully saturated rings. The first-order valence-corrected chi connectivity index (χ1v) is 6.80. The minimum Gasteiger partial charge on any atom is -0.350 e. The van der Waals surface area contributed by atoms with Crippen molar-refractivity contribution in [3.05, 3.63) is 70.7 Å². The second-order valence-corrected chi connectivity index (χ2v) is 5.06. The highest BCUT2D eigenvalue weighted by molar-refractivity contribution is 6.31. The van der Waals surface area contributed by atoms with Crippen LogP contribution in [0.25, 0.3) is 0 Å². The zero-order chi connectivity index (χ0) is 13.1. The van der Waals surface area contributed by atoms with Crippen molar-refractivity contribution in [1.82, 2.24) is 4.90 Å². The van der Waals surface area contributed by atoms with Gasteiger partial charge in [0.25, 0.3) is 0 Å².